The standard InChI is InChI=1S/C19H21Cl2N5O2/c1-13(18(27)24-14-4-6-22-7-5-14)23-19(28)26-10-8-25(9-11-26)15-2-3-16(20)17(21)12-15/h2-7,12-13H,8-11H2,1H3,(H,23,28)(H,22,24,27)/t13-/m1/s1. The van der Waals surface area contributed by atoms with Gasteiger partial charge in [0.15, 0.2) is 0 Å². The van der Waals surface area contributed by atoms with Crippen molar-refractivity contribution in [3.05, 3.63) is 52.8 Å². The lowest BCUT2D eigenvalue weighted by atomic mass is 10.2. The zero-order valence-corrected chi connectivity index (χ0v) is 16.9. The smallest absolute Gasteiger partial charge is 0.318 e. The largest absolute Gasteiger partial charge is 0.368 e. The van der Waals surface area contributed by atoms with Crippen LogP contribution in [-0.4, -0.2) is 54.0 Å². The van der Waals surface area contributed by atoms with E-state index in [1.807, 2.05) is 12.1 Å². The van der Waals surface area contributed by atoms with Crippen LogP contribution in [0, 0.1) is 0 Å². The predicted molar refractivity (Wildman–Crippen MR) is 111 cm³/mol. The summed E-state index contributed by atoms with van der Waals surface area (Å²) in [7, 11) is 0. The number of aromatic nitrogens is 1. The molecular weight excluding hydrogens is 401 g/mol. The van der Waals surface area contributed by atoms with Crippen LogP contribution in [0.1, 0.15) is 6.92 Å². The third-order valence-electron chi connectivity index (χ3n) is 4.52. The first-order valence-corrected chi connectivity index (χ1v) is 9.66. The molecule has 1 aliphatic heterocycles. The van der Waals surface area contributed by atoms with Crippen LogP contribution in [0.2, 0.25) is 10.0 Å². The van der Waals surface area contributed by atoms with Crippen molar-refractivity contribution < 1.29 is 9.59 Å². The van der Waals surface area contributed by atoms with Gasteiger partial charge in [-0.25, -0.2) is 4.79 Å². The number of piperazine rings is 1. The number of hydrogen-bond acceptors (Lipinski definition) is 4. The molecule has 0 aliphatic carbocycles. The Hall–Kier alpha value is -2.51. The average Bonchev–Trinajstić information content (AvgIpc) is 2.71. The van der Waals surface area contributed by atoms with E-state index in [4.69, 9.17) is 23.2 Å². The summed E-state index contributed by atoms with van der Waals surface area (Å²) in [5.41, 5.74) is 1.61. The fourth-order valence-corrected chi connectivity index (χ4v) is 3.17. The number of hydrogen-bond donors (Lipinski definition) is 2. The highest BCUT2D eigenvalue weighted by atomic mass is 35.5. The highest BCUT2D eigenvalue weighted by Crippen LogP contribution is 2.27. The third-order valence-corrected chi connectivity index (χ3v) is 5.26. The molecule has 0 spiro atoms. The maximum atomic E-state index is 12.5. The van der Waals surface area contributed by atoms with Gasteiger partial charge in [-0.2, -0.15) is 0 Å². The van der Waals surface area contributed by atoms with E-state index in [1.165, 1.54) is 0 Å². The van der Waals surface area contributed by atoms with Crippen molar-refractivity contribution in [2.24, 2.45) is 0 Å². The summed E-state index contributed by atoms with van der Waals surface area (Å²) >= 11 is 12.0. The van der Waals surface area contributed by atoms with Crippen molar-refractivity contribution in [2.45, 2.75) is 13.0 Å². The SMILES string of the molecule is C[C@@H](NC(=O)N1CCN(c2ccc(Cl)c(Cl)c2)CC1)C(=O)Nc1ccncc1. The fourth-order valence-electron chi connectivity index (χ4n) is 2.88. The van der Waals surface area contributed by atoms with E-state index in [9.17, 15) is 9.59 Å². The van der Waals surface area contributed by atoms with Crippen molar-refractivity contribution >= 4 is 46.5 Å². The molecule has 28 heavy (non-hydrogen) atoms. The van der Waals surface area contributed by atoms with Crippen LogP contribution in [0.3, 0.4) is 0 Å². The minimum atomic E-state index is -0.659. The Balaban J connectivity index is 1.49. The lowest BCUT2D eigenvalue weighted by Crippen LogP contribution is -2.54. The normalized spacial score (nSPS) is 15.1. The molecule has 2 heterocycles. The van der Waals surface area contributed by atoms with Crippen LogP contribution in [0.4, 0.5) is 16.2 Å². The first-order valence-electron chi connectivity index (χ1n) is 8.90. The van der Waals surface area contributed by atoms with Gasteiger partial charge < -0.3 is 20.4 Å². The zero-order chi connectivity index (χ0) is 20.1. The molecule has 2 aromatic rings. The van der Waals surface area contributed by atoms with Gasteiger partial charge in [-0.15, -0.1) is 0 Å². The van der Waals surface area contributed by atoms with Crippen LogP contribution in [0.25, 0.3) is 0 Å². The molecule has 1 aliphatic rings. The predicted octanol–water partition coefficient (Wildman–Crippen LogP) is 3.25. The molecule has 1 fully saturated rings. The number of halogens is 2. The zero-order valence-electron chi connectivity index (χ0n) is 15.4. The van der Waals surface area contributed by atoms with E-state index in [2.05, 4.69) is 20.5 Å². The summed E-state index contributed by atoms with van der Waals surface area (Å²) in [5, 5.41) is 6.51. The monoisotopic (exact) mass is 421 g/mol. The summed E-state index contributed by atoms with van der Waals surface area (Å²) in [4.78, 5) is 32.4. The van der Waals surface area contributed by atoms with E-state index in [0.717, 1.165) is 5.69 Å². The number of carbonyl (C=O) groups excluding carboxylic acids is 2. The second-order valence-electron chi connectivity index (χ2n) is 6.47. The number of rotatable bonds is 4. The summed E-state index contributed by atoms with van der Waals surface area (Å²) < 4.78 is 0. The second-order valence-corrected chi connectivity index (χ2v) is 7.28. The lowest BCUT2D eigenvalue weighted by Gasteiger charge is -2.36. The first-order chi connectivity index (χ1) is 13.4. The minimum absolute atomic E-state index is 0.258. The fraction of sp³-hybridized carbons (Fsp3) is 0.316. The molecule has 0 radical (unpaired) electrons. The van der Waals surface area contributed by atoms with Crippen molar-refractivity contribution in [1.29, 1.82) is 0 Å². The highest BCUT2D eigenvalue weighted by Gasteiger charge is 2.24. The molecule has 3 rings (SSSR count). The van der Waals surface area contributed by atoms with Crippen molar-refractivity contribution in [3.63, 3.8) is 0 Å². The van der Waals surface area contributed by atoms with Crippen molar-refractivity contribution in [2.75, 3.05) is 36.4 Å². The molecule has 0 bridgehead atoms. The average molecular weight is 422 g/mol. The summed E-state index contributed by atoms with van der Waals surface area (Å²) in [6, 6.07) is 7.96. The number of anilines is 2. The molecule has 1 aromatic carbocycles. The quantitative estimate of drug-likeness (QED) is 0.793. The molecule has 3 amide bonds. The van der Waals surface area contributed by atoms with Gasteiger partial charge in [-0.3, -0.25) is 9.78 Å². The Morgan fingerprint density at radius 2 is 1.71 bits per heavy atom. The molecule has 7 nitrogen and oxygen atoms in total. The maximum absolute atomic E-state index is 12.5. The lowest BCUT2D eigenvalue weighted by molar-refractivity contribution is -0.117. The van der Waals surface area contributed by atoms with Gasteiger partial charge >= 0.3 is 6.03 Å². The van der Waals surface area contributed by atoms with E-state index in [1.54, 1.807) is 42.4 Å². The molecule has 0 unspecified atom stereocenters. The number of pyridine rings is 1. The van der Waals surface area contributed by atoms with Gasteiger partial charge in [0, 0.05) is 49.9 Å². The van der Waals surface area contributed by atoms with Crippen LogP contribution in [0.5, 0.6) is 0 Å². The van der Waals surface area contributed by atoms with Crippen LogP contribution >= 0.6 is 23.2 Å². The number of nitrogens with one attached hydrogen (secondary N) is 2. The Kier molecular flexibility index (Phi) is 6.59. The number of benzene rings is 1. The Bertz CT molecular complexity index is 841. The highest BCUT2D eigenvalue weighted by molar-refractivity contribution is 6.42. The topological polar surface area (TPSA) is 77.6 Å². The third kappa shape index (κ3) is 5.05. The van der Waals surface area contributed by atoms with Gasteiger partial charge in [0.2, 0.25) is 5.91 Å². The summed E-state index contributed by atoms with van der Waals surface area (Å²) in [5.74, 6) is -0.283. The number of carbonyl (C=O) groups is 2. The molecular formula is C19H21Cl2N5O2. The van der Waals surface area contributed by atoms with Crippen molar-refractivity contribution in [1.82, 2.24) is 15.2 Å². The molecule has 148 valence electrons. The molecule has 9 heteroatoms. The van der Waals surface area contributed by atoms with Gasteiger partial charge in [0.1, 0.15) is 6.04 Å². The number of urea groups is 1. The van der Waals surface area contributed by atoms with Crippen LogP contribution in [-0.2, 0) is 4.79 Å². The Morgan fingerprint density at radius 1 is 1.04 bits per heavy atom. The summed E-state index contributed by atoms with van der Waals surface area (Å²) in [6.07, 6.45) is 3.18. The maximum Gasteiger partial charge on any atom is 0.318 e. The summed E-state index contributed by atoms with van der Waals surface area (Å²) in [6.45, 7) is 4.09. The second kappa shape index (κ2) is 9.12. The van der Waals surface area contributed by atoms with Crippen molar-refractivity contribution in [3.8, 4) is 0 Å². The van der Waals surface area contributed by atoms with Gasteiger partial charge in [-0.05, 0) is 37.3 Å². The van der Waals surface area contributed by atoms with Gasteiger partial charge in [0.05, 0.1) is 10.0 Å². The van der Waals surface area contributed by atoms with Gasteiger partial charge in [-0.1, -0.05) is 23.2 Å². The molecule has 0 saturated carbocycles. The molecule has 1 atom stereocenters. The first kappa shape index (κ1) is 20.2. The van der Waals surface area contributed by atoms with E-state index < -0.39 is 6.04 Å². The van der Waals surface area contributed by atoms with E-state index >= 15 is 0 Å². The Labute approximate surface area is 173 Å². The number of amides is 3. The van der Waals surface area contributed by atoms with Crippen LogP contribution < -0.4 is 15.5 Å². The van der Waals surface area contributed by atoms with E-state index in [-0.39, 0.29) is 11.9 Å². The minimum Gasteiger partial charge on any atom is -0.368 e. The van der Waals surface area contributed by atoms with Crippen LogP contribution in [0.15, 0.2) is 42.7 Å². The van der Waals surface area contributed by atoms with Gasteiger partial charge in [0.25, 0.3) is 0 Å². The Morgan fingerprint density at radius 3 is 2.36 bits per heavy atom. The molecule has 2 N–H and O–H groups in total. The number of nitrogens with zero attached hydrogens (tertiary/aromatic N) is 3. The molecule has 1 saturated heterocycles. The van der Waals surface area contributed by atoms with E-state index in [0.29, 0.717) is 41.9 Å². The molecule has 1 aromatic heterocycles.